The highest BCUT2D eigenvalue weighted by Crippen LogP contribution is 2.47. The fraction of sp³-hybridized carbons (Fsp3) is 0.956. The first-order valence-electron chi connectivity index (χ1n) is 34.9. The summed E-state index contributed by atoms with van der Waals surface area (Å²) in [5.41, 5.74) is -1.41. The number of hydrogen-bond donors (Lipinski definition) is 4. The van der Waals surface area contributed by atoms with Crippen molar-refractivity contribution >= 4 is 47.1 Å². The molecule has 12 rings (SSSR count). The topological polar surface area (TPSA) is 218 Å². The van der Waals surface area contributed by atoms with E-state index in [1.165, 1.54) is 45.1 Å². The fourth-order valence-corrected chi connectivity index (χ4v) is 20.9. The molecule has 4 N–H and O–H groups in total. The van der Waals surface area contributed by atoms with Gasteiger partial charge in [0.25, 0.3) is 0 Å². The molecule has 2 bridgehead atoms. The van der Waals surface area contributed by atoms with Crippen LogP contribution >= 0.6 is 0 Å². The first-order chi connectivity index (χ1) is 41.0. The molecule has 6 saturated carbocycles. The van der Waals surface area contributed by atoms with Crippen molar-refractivity contribution < 1.29 is 50.7 Å². The molecule has 0 aromatic carbocycles. The molecule has 20 heteroatoms. The second kappa shape index (κ2) is 30.8. The van der Waals surface area contributed by atoms with Crippen molar-refractivity contribution in [1.29, 1.82) is 0 Å². The lowest BCUT2D eigenvalue weighted by Gasteiger charge is -2.48. The summed E-state index contributed by atoms with van der Waals surface area (Å²) in [4.78, 5) is 33.6. The van der Waals surface area contributed by atoms with Crippen LogP contribution in [0.1, 0.15) is 173 Å². The standard InChI is InChI=1S/C14H25NOS.C13H24N2O.C12H23NO3S.C12H23NO2S.C9H15NO2.C8H16O2/c1-10(2)12-4-11(5-12)7-15-8-14-6-13(15)9-17(14,3)16;1-10(2)12-8-13(9-12)15-6-4-14(5-7-15)11(3)16;1-10(2)11-7-12(14,8-11)9-13-3-5-17(15,16)6-4-13;1-10(2)12-7-11(8-12)9-13-3-5-16(14,15)6-4-13;1-6(2)7-3-9(4-7)5-10-8(11)12-9;1-6(2)7-3-8(10,4-7)5-9/h10-14H,3-9H2,1-2H3;10,12-13H,4-9H2,1-3H3;10-11,14H,3-9H2,1-2H3;10-12H,3-9H2,1-2H3;6-7H,3-5H2,1-2H3,(H,10,11);6-7,9-10H,3-5H2,1-2H3/t11?,12?,13-,14-,17?;;;;;/m0...../s1. The minimum absolute atomic E-state index is 0.0732. The van der Waals surface area contributed by atoms with Gasteiger partial charge in [0.2, 0.25) is 5.91 Å². The number of carbonyl (C=O) groups is 2. The van der Waals surface area contributed by atoms with Gasteiger partial charge in [-0.05, 0) is 182 Å². The van der Waals surface area contributed by atoms with Crippen LogP contribution in [-0.2, 0) is 38.7 Å². The van der Waals surface area contributed by atoms with Crippen LogP contribution < -0.4 is 5.32 Å². The molecule has 12 fully saturated rings. The van der Waals surface area contributed by atoms with Crippen LogP contribution in [0.25, 0.3) is 0 Å². The number of nitrogens with zero attached hydrogens (tertiary/aromatic N) is 5. The Kier molecular flexibility index (Phi) is 25.9. The third-order valence-corrected chi connectivity index (χ3v) is 29.3. The van der Waals surface area contributed by atoms with Crippen molar-refractivity contribution in [3.05, 3.63) is 0 Å². The van der Waals surface area contributed by atoms with Gasteiger partial charge in [-0.3, -0.25) is 23.7 Å². The maximum absolute atomic E-state index is 12.1. The van der Waals surface area contributed by atoms with Crippen LogP contribution in [-0.4, -0.2) is 233 Å². The Balaban J connectivity index is 0.000000152. The molecular weight excluding hydrogens is 1170 g/mol. The highest BCUT2D eigenvalue weighted by molar-refractivity contribution is 8.01. The highest BCUT2D eigenvalue weighted by Gasteiger charge is 2.52. The molecule has 0 radical (unpaired) electrons. The predicted octanol–water partition coefficient (Wildman–Crippen LogP) is 7.65. The summed E-state index contributed by atoms with van der Waals surface area (Å²) in [5.74, 6) is 17.4. The molecule has 0 aromatic heterocycles. The lowest BCUT2D eigenvalue weighted by molar-refractivity contribution is -0.131. The summed E-state index contributed by atoms with van der Waals surface area (Å²) in [6.07, 6.45) is 14.6. The highest BCUT2D eigenvalue weighted by atomic mass is 32.2. The number of ether oxygens (including phenoxy) is 1. The van der Waals surface area contributed by atoms with Crippen LogP contribution in [0.5, 0.6) is 0 Å². The molecule has 0 aromatic rings. The van der Waals surface area contributed by atoms with Crippen molar-refractivity contribution in [3.63, 3.8) is 0 Å². The third-order valence-electron chi connectivity index (χ3n) is 23.6. The SMILES string of the molecule is C=S1(=O)C[C@@H]2C[C@H]1CN2CC1CC(C(C)C)C1.CC(=O)N1CCN(C2CC(C(C)C)C2)CC1.CC(C)C1CC(CN2CCS(=O)(=O)CC2)C1.CC(C)C1CC(O)(CN2CCS(=O)(=O)CC2)C1.CC(C)C1CC(O)(CO)C1.CC(C)C1CC2(CNC(=O)O2)C1. The molecule has 2 amide bonds. The summed E-state index contributed by atoms with van der Waals surface area (Å²) in [7, 11) is -7.22. The average Bonchev–Trinajstić information content (AvgIpc) is 2.32. The summed E-state index contributed by atoms with van der Waals surface area (Å²) in [6, 6.07) is 1.41. The van der Waals surface area contributed by atoms with Crippen LogP contribution in [0.4, 0.5) is 4.79 Å². The van der Waals surface area contributed by atoms with Gasteiger partial charge in [-0.2, -0.15) is 0 Å². The number of amides is 2. The maximum Gasteiger partial charge on any atom is 0.407 e. The number of fused-ring (bicyclic) bond motifs is 2. The number of carbonyl (C=O) groups excluding carboxylic acids is 2. The van der Waals surface area contributed by atoms with Gasteiger partial charge in [0.15, 0.2) is 19.7 Å². The van der Waals surface area contributed by atoms with Crippen molar-refractivity contribution in [2.75, 3.05) is 120 Å². The maximum atomic E-state index is 12.1. The molecule has 6 saturated heterocycles. The number of β-amino-alcohol motifs (C(OH)–C–C–N with tert-alkyl or cyclic N) is 1. The smallest absolute Gasteiger partial charge is 0.407 e. The molecule has 1 unspecified atom stereocenters. The minimum atomic E-state index is -2.81. The summed E-state index contributed by atoms with van der Waals surface area (Å²) in [5, 5.41) is 31.5. The zero-order chi connectivity index (χ0) is 64.9. The lowest BCUT2D eigenvalue weighted by Crippen LogP contribution is -2.55. The number of aliphatic hydroxyl groups is 3. The Morgan fingerprint density at radius 3 is 1.38 bits per heavy atom. The molecule has 6 aliphatic heterocycles. The number of hydrogen-bond acceptors (Lipinski definition) is 15. The number of piperazine rings is 1. The van der Waals surface area contributed by atoms with E-state index in [1.54, 1.807) is 6.92 Å². The Labute approximate surface area is 535 Å². The normalized spacial score (nSPS) is 39.0. The second-order valence-electron chi connectivity index (χ2n) is 32.5. The average molecular weight is 1300 g/mol. The minimum Gasteiger partial charge on any atom is -0.441 e. The van der Waals surface area contributed by atoms with E-state index in [0.717, 1.165) is 175 Å². The Morgan fingerprint density at radius 1 is 0.568 bits per heavy atom. The van der Waals surface area contributed by atoms with E-state index in [9.17, 15) is 40.8 Å². The van der Waals surface area contributed by atoms with Crippen molar-refractivity contribution in [2.45, 2.75) is 208 Å². The Bertz CT molecular complexity index is 2530. The van der Waals surface area contributed by atoms with E-state index in [-0.39, 0.29) is 35.7 Å². The van der Waals surface area contributed by atoms with Crippen LogP contribution in [0.3, 0.4) is 0 Å². The van der Waals surface area contributed by atoms with Gasteiger partial charge in [-0.15, -0.1) is 0 Å². The lowest BCUT2D eigenvalue weighted by atomic mass is 9.66. The molecule has 1 spiro atoms. The molecule has 12 aliphatic rings. The summed E-state index contributed by atoms with van der Waals surface area (Å²) < 4.78 is 62.5. The van der Waals surface area contributed by atoms with Gasteiger partial charge in [0, 0.05) is 109 Å². The third kappa shape index (κ3) is 20.7. The van der Waals surface area contributed by atoms with Crippen molar-refractivity contribution in [2.24, 2.45) is 82.9 Å². The largest absolute Gasteiger partial charge is 0.441 e. The van der Waals surface area contributed by atoms with Crippen LogP contribution in [0.15, 0.2) is 0 Å². The number of aliphatic hydroxyl groups excluding tert-OH is 1. The zero-order valence-corrected chi connectivity index (χ0v) is 59.7. The zero-order valence-electron chi connectivity index (χ0n) is 57.2. The van der Waals surface area contributed by atoms with E-state index in [2.05, 4.69) is 114 Å². The van der Waals surface area contributed by atoms with Crippen LogP contribution in [0.2, 0.25) is 0 Å². The van der Waals surface area contributed by atoms with Gasteiger partial charge in [-0.1, -0.05) is 83.1 Å². The van der Waals surface area contributed by atoms with Gasteiger partial charge >= 0.3 is 6.09 Å². The molecular formula is C68H126N6O11S3. The Hall–Kier alpha value is -1.62. The molecule has 512 valence electrons. The predicted molar refractivity (Wildman–Crippen MR) is 358 cm³/mol. The molecule has 6 heterocycles. The van der Waals surface area contributed by atoms with E-state index >= 15 is 0 Å². The quantitative estimate of drug-likeness (QED) is 0.123. The fourth-order valence-electron chi connectivity index (χ4n) is 16.0. The number of alkyl carbamates (subject to hydrolysis) is 1. The molecule has 6 aliphatic carbocycles. The van der Waals surface area contributed by atoms with Gasteiger partial charge in [-0.25, -0.2) is 21.6 Å². The van der Waals surface area contributed by atoms with E-state index in [0.29, 0.717) is 66.1 Å². The van der Waals surface area contributed by atoms with E-state index in [1.807, 2.05) is 4.90 Å². The Morgan fingerprint density at radius 2 is 0.989 bits per heavy atom. The molecule has 17 nitrogen and oxygen atoms in total. The van der Waals surface area contributed by atoms with Gasteiger partial charge < -0.3 is 35.2 Å². The van der Waals surface area contributed by atoms with Crippen molar-refractivity contribution in [3.8, 4) is 0 Å². The summed E-state index contributed by atoms with van der Waals surface area (Å²) in [6.45, 7) is 40.2. The van der Waals surface area contributed by atoms with Gasteiger partial charge in [0.05, 0.1) is 47.4 Å². The number of sulfone groups is 2. The van der Waals surface area contributed by atoms with Crippen molar-refractivity contribution in [1.82, 2.24) is 29.8 Å². The van der Waals surface area contributed by atoms with Gasteiger partial charge in [0.1, 0.15) is 5.60 Å². The molecule has 3 atom stereocenters. The van der Waals surface area contributed by atoms with E-state index < -0.39 is 40.4 Å². The molecule has 88 heavy (non-hydrogen) atoms. The second-order valence-corrected chi connectivity index (χ2v) is 39.9. The number of likely N-dealkylation sites (tertiary alicyclic amines) is 1. The number of rotatable bonds is 14. The first kappa shape index (κ1) is 73.8. The first-order valence-corrected chi connectivity index (χ1v) is 40.5. The van der Waals surface area contributed by atoms with E-state index in [4.69, 9.17) is 9.84 Å². The summed E-state index contributed by atoms with van der Waals surface area (Å²) >= 11 is 0. The monoisotopic (exact) mass is 1300 g/mol. The number of nitrogens with one attached hydrogen (secondary N) is 1. The van der Waals surface area contributed by atoms with Crippen LogP contribution in [0, 0.1) is 82.9 Å².